The van der Waals surface area contributed by atoms with Crippen molar-refractivity contribution in [1.29, 1.82) is 0 Å². The predicted octanol–water partition coefficient (Wildman–Crippen LogP) is 1.48. The number of rotatable bonds is 2. The van der Waals surface area contributed by atoms with Crippen molar-refractivity contribution in [3.63, 3.8) is 0 Å². The van der Waals surface area contributed by atoms with E-state index in [-0.39, 0.29) is 0 Å². The molecule has 96 valence electrons. The number of hydrogen-bond acceptors (Lipinski definition) is 3. The Hall–Kier alpha value is -1.59. The summed E-state index contributed by atoms with van der Waals surface area (Å²) >= 11 is 0. The van der Waals surface area contributed by atoms with Gasteiger partial charge in [0.1, 0.15) is 18.7 Å². The van der Waals surface area contributed by atoms with Crippen LogP contribution in [0, 0.1) is 0 Å². The van der Waals surface area contributed by atoms with Gasteiger partial charge >= 0.3 is 5.97 Å². The number of ether oxygens (including phenoxy) is 1. The standard InChI is InChI=1S/C13H16N2O3/c1-2-14-11-5-3-4-10(13(16)17)12(11)15(14)6-8-18-9-7-15/h3-5H,2,6-9H2,1H3/p+1. The maximum atomic E-state index is 11.4. The van der Waals surface area contributed by atoms with E-state index in [1.54, 1.807) is 6.07 Å². The van der Waals surface area contributed by atoms with Crippen molar-refractivity contribution in [3.8, 4) is 0 Å². The highest BCUT2D eigenvalue weighted by Gasteiger charge is 2.53. The molecule has 5 heteroatoms. The van der Waals surface area contributed by atoms with Crippen LogP contribution in [-0.2, 0) is 4.74 Å². The van der Waals surface area contributed by atoms with Gasteiger partial charge in [-0.15, -0.1) is 0 Å². The zero-order chi connectivity index (χ0) is 12.8. The summed E-state index contributed by atoms with van der Waals surface area (Å²) in [6.07, 6.45) is 0. The third-order valence-electron chi connectivity index (χ3n) is 3.91. The molecule has 5 nitrogen and oxygen atoms in total. The van der Waals surface area contributed by atoms with Crippen LogP contribution < -0.4 is 9.60 Å². The molecule has 0 aromatic heterocycles. The van der Waals surface area contributed by atoms with Gasteiger partial charge in [-0.25, -0.2) is 9.80 Å². The van der Waals surface area contributed by atoms with Gasteiger partial charge in [0.05, 0.1) is 19.8 Å². The van der Waals surface area contributed by atoms with E-state index < -0.39 is 5.97 Å². The van der Waals surface area contributed by atoms with Gasteiger partial charge in [-0.2, -0.15) is 4.59 Å². The molecule has 0 atom stereocenters. The van der Waals surface area contributed by atoms with Gasteiger partial charge in [0, 0.05) is 0 Å². The normalized spacial score (nSPS) is 20.4. The van der Waals surface area contributed by atoms with E-state index in [2.05, 4.69) is 11.9 Å². The van der Waals surface area contributed by atoms with E-state index in [1.165, 1.54) is 0 Å². The van der Waals surface area contributed by atoms with E-state index in [0.29, 0.717) is 23.4 Å². The van der Waals surface area contributed by atoms with E-state index in [1.807, 2.05) is 12.1 Å². The Morgan fingerprint density at radius 1 is 1.44 bits per heavy atom. The van der Waals surface area contributed by atoms with Crippen molar-refractivity contribution < 1.29 is 14.6 Å². The van der Waals surface area contributed by atoms with Crippen LogP contribution in [0.25, 0.3) is 0 Å². The lowest BCUT2D eigenvalue weighted by Crippen LogP contribution is -2.72. The average Bonchev–Trinajstić information content (AvgIpc) is 2.39. The van der Waals surface area contributed by atoms with Gasteiger partial charge in [0.2, 0.25) is 5.69 Å². The fraction of sp³-hybridized carbons (Fsp3) is 0.462. The van der Waals surface area contributed by atoms with Crippen molar-refractivity contribution in [1.82, 2.24) is 4.59 Å². The summed E-state index contributed by atoms with van der Waals surface area (Å²) in [7, 11) is 0. The Morgan fingerprint density at radius 3 is 2.78 bits per heavy atom. The van der Waals surface area contributed by atoms with Crippen molar-refractivity contribution in [2.75, 3.05) is 37.9 Å². The molecule has 1 aromatic rings. The van der Waals surface area contributed by atoms with Gasteiger partial charge < -0.3 is 9.84 Å². The van der Waals surface area contributed by atoms with Crippen LogP contribution in [-0.4, -0.2) is 43.9 Å². The second-order valence-electron chi connectivity index (χ2n) is 4.68. The minimum atomic E-state index is -0.841. The molecule has 2 aliphatic rings. The van der Waals surface area contributed by atoms with Gasteiger partial charge in [-0.1, -0.05) is 6.07 Å². The molecule has 1 N–H and O–H groups in total. The van der Waals surface area contributed by atoms with Gasteiger partial charge in [0.15, 0.2) is 5.69 Å². The molecule has 0 aliphatic carbocycles. The second-order valence-corrected chi connectivity index (χ2v) is 4.68. The highest BCUT2D eigenvalue weighted by atomic mass is 16.5. The van der Waals surface area contributed by atoms with Gasteiger partial charge in [0.25, 0.3) is 0 Å². The molecular formula is C13H17N2O3+. The first-order valence-corrected chi connectivity index (χ1v) is 6.30. The summed E-state index contributed by atoms with van der Waals surface area (Å²) in [5, 5.41) is 11.6. The molecule has 1 saturated heterocycles. The largest absolute Gasteiger partial charge is 0.477 e. The summed E-state index contributed by atoms with van der Waals surface area (Å²) in [5.41, 5.74) is 2.44. The Bertz CT molecular complexity index is 495. The number of hydrogen-bond donors (Lipinski definition) is 1. The predicted molar refractivity (Wildman–Crippen MR) is 68.8 cm³/mol. The SMILES string of the molecule is CCN1c2cccc(C(=O)O)c2[N+]12CCOCC2. The number of nitrogens with zero attached hydrogens (tertiary/aromatic N) is 2. The Balaban J connectivity index is 2.13. The van der Waals surface area contributed by atoms with Crippen LogP contribution >= 0.6 is 0 Å². The summed E-state index contributed by atoms with van der Waals surface area (Å²) in [6, 6.07) is 5.52. The number of aromatic carboxylic acids is 1. The first kappa shape index (κ1) is 11.5. The number of benzene rings is 1. The summed E-state index contributed by atoms with van der Waals surface area (Å²) < 4.78 is 6.07. The number of carbonyl (C=O) groups is 1. The summed E-state index contributed by atoms with van der Waals surface area (Å²) in [5.74, 6) is -0.841. The first-order valence-electron chi connectivity index (χ1n) is 6.30. The quantitative estimate of drug-likeness (QED) is 0.807. The van der Waals surface area contributed by atoms with E-state index in [0.717, 1.165) is 31.0 Å². The van der Waals surface area contributed by atoms with Gasteiger partial charge in [-0.05, 0) is 19.1 Å². The fourth-order valence-electron chi connectivity index (χ4n) is 3.18. The molecule has 18 heavy (non-hydrogen) atoms. The molecule has 1 spiro atoms. The minimum Gasteiger partial charge on any atom is -0.477 e. The molecule has 0 bridgehead atoms. The molecule has 1 fully saturated rings. The molecule has 0 saturated carbocycles. The van der Waals surface area contributed by atoms with Crippen LogP contribution in [0.2, 0.25) is 0 Å². The zero-order valence-corrected chi connectivity index (χ0v) is 10.4. The lowest BCUT2D eigenvalue weighted by molar-refractivity contribution is 0.0249. The summed E-state index contributed by atoms with van der Waals surface area (Å²) in [6.45, 7) is 6.01. The van der Waals surface area contributed by atoms with Crippen LogP contribution in [0.3, 0.4) is 0 Å². The number of quaternary nitrogens is 1. The molecule has 2 aliphatic heterocycles. The molecule has 1 aromatic carbocycles. The van der Waals surface area contributed by atoms with Crippen molar-refractivity contribution in [3.05, 3.63) is 23.8 Å². The first-order chi connectivity index (χ1) is 8.70. The molecular weight excluding hydrogens is 232 g/mol. The van der Waals surface area contributed by atoms with Crippen LogP contribution in [0.4, 0.5) is 11.4 Å². The van der Waals surface area contributed by atoms with Crippen LogP contribution in [0.5, 0.6) is 0 Å². The van der Waals surface area contributed by atoms with Gasteiger partial charge in [-0.3, -0.25) is 0 Å². The zero-order valence-electron chi connectivity index (χ0n) is 10.4. The lowest BCUT2D eigenvalue weighted by Gasteiger charge is -2.55. The molecule has 0 amide bonds. The van der Waals surface area contributed by atoms with E-state index >= 15 is 0 Å². The van der Waals surface area contributed by atoms with Crippen LogP contribution in [0.1, 0.15) is 17.3 Å². The number of morpholine rings is 1. The lowest BCUT2D eigenvalue weighted by atomic mass is 10.0. The highest BCUT2D eigenvalue weighted by molar-refractivity contribution is 6.01. The smallest absolute Gasteiger partial charge is 0.341 e. The molecule has 2 heterocycles. The molecule has 0 radical (unpaired) electrons. The second kappa shape index (κ2) is 3.96. The van der Waals surface area contributed by atoms with Crippen molar-refractivity contribution in [2.24, 2.45) is 0 Å². The van der Waals surface area contributed by atoms with E-state index in [4.69, 9.17) is 4.74 Å². The maximum Gasteiger partial charge on any atom is 0.341 e. The monoisotopic (exact) mass is 249 g/mol. The number of carboxylic acids is 1. The Morgan fingerprint density at radius 2 is 2.17 bits per heavy atom. The Labute approximate surface area is 106 Å². The third-order valence-corrected chi connectivity index (χ3v) is 3.91. The number of anilines is 1. The minimum absolute atomic E-state index is 0.430. The number of carboxylic acid groups (broad SMARTS) is 1. The maximum absolute atomic E-state index is 11.4. The van der Waals surface area contributed by atoms with Crippen LogP contribution in [0.15, 0.2) is 18.2 Å². The fourth-order valence-corrected chi connectivity index (χ4v) is 3.18. The summed E-state index contributed by atoms with van der Waals surface area (Å²) in [4.78, 5) is 11.4. The topological polar surface area (TPSA) is 49.8 Å². The third kappa shape index (κ3) is 1.31. The van der Waals surface area contributed by atoms with Crippen molar-refractivity contribution >= 4 is 17.3 Å². The Kier molecular flexibility index (Phi) is 2.53. The average molecular weight is 249 g/mol. The highest BCUT2D eigenvalue weighted by Crippen LogP contribution is 2.50. The molecule has 0 unspecified atom stereocenters. The van der Waals surface area contributed by atoms with E-state index in [9.17, 15) is 9.90 Å². The number of fused-ring (bicyclic) bond motifs is 2. The molecule has 3 rings (SSSR count). The van der Waals surface area contributed by atoms with Crippen molar-refractivity contribution in [2.45, 2.75) is 6.92 Å². The number of para-hydroxylation sites is 1.